The van der Waals surface area contributed by atoms with E-state index in [9.17, 15) is 19.2 Å². The van der Waals surface area contributed by atoms with Crippen molar-refractivity contribution in [2.45, 2.75) is 85.9 Å². The van der Waals surface area contributed by atoms with Gasteiger partial charge in [-0.3, -0.25) is 19.2 Å². The lowest BCUT2D eigenvalue weighted by molar-refractivity contribution is -0.198. The first-order valence-electron chi connectivity index (χ1n) is 14.5. The molecule has 2 bridgehead atoms. The minimum absolute atomic E-state index is 0.00445. The third-order valence-corrected chi connectivity index (χ3v) is 11.1. The van der Waals surface area contributed by atoms with E-state index in [1.165, 1.54) is 7.11 Å². The van der Waals surface area contributed by atoms with E-state index < -0.39 is 46.3 Å². The highest BCUT2D eigenvalue weighted by atomic mass is 16.6. The Balaban J connectivity index is 1.65. The number of ketones is 1. The highest BCUT2D eigenvalue weighted by Crippen LogP contribution is 2.68. The SMILES string of the molecule is CC[C@H](C)C(=O)O[C@@H]1[C@@H]2C=C3[C@H]4CC(=O)O[C@@H](c5ccoc5)[C@]4(C)CC[C@@H]3[C@@](C)(C2=O)[C@@H](CC(=O)OC)C1(C)C. The van der Waals surface area contributed by atoms with Gasteiger partial charge < -0.3 is 18.6 Å². The summed E-state index contributed by atoms with van der Waals surface area (Å²) in [6.45, 7) is 11.9. The molecule has 8 nitrogen and oxygen atoms in total. The van der Waals surface area contributed by atoms with Crippen LogP contribution < -0.4 is 0 Å². The van der Waals surface area contributed by atoms with Crippen molar-refractivity contribution in [1.29, 1.82) is 0 Å². The van der Waals surface area contributed by atoms with Crippen LogP contribution in [-0.4, -0.2) is 36.9 Å². The molecule has 3 aliphatic carbocycles. The van der Waals surface area contributed by atoms with Crippen LogP contribution in [0.15, 0.2) is 34.7 Å². The fourth-order valence-corrected chi connectivity index (χ4v) is 8.56. The number of Topliss-reactive ketones (excluding diaryl/α,β-unsaturated/α-hetero) is 1. The number of cyclic esters (lactones) is 1. The third kappa shape index (κ3) is 4.07. The van der Waals surface area contributed by atoms with E-state index >= 15 is 0 Å². The van der Waals surface area contributed by atoms with E-state index in [1.54, 1.807) is 12.5 Å². The monoisotopic (exact) mass is 554 g/mol. The number of carbonyl (C=O) groups is 4. The lowest BCUT2D eigenvalue weighted by Crippen LogP contribution is -2.66. The van der Waals surface area contributed by atoms with Crippen LogP contribution >= 0.6 is 0 Å². The molecule has 0 amide bonds. The van der Waals surface area contributed by atoms with E-state index in [0.717, 1.165) is 17.6 Å². The normalized spacial score (nSPS) is 38.7. The topological polar surface area (TPSA) is 109 Å². The predicted molar refractivity (Wildman–Crippen MR) is 144 cm³/mol. The van der Waals surface area contributed by atoms with Crippen molar-refractivity contribution < 1.29 is 37.8 Å². The van der Waals surface area contributed by atoms with Gasteiger partial charge in [0.05, 0.1) is 37.9 Å². The van der Waals surface area contributed by atoms with Crippen LogP contribution in [0.3, 0.4) is 0 Å². The Hall–Kier alpha value is -2.90. The van der Waals surface area contributed by atoms with Gasteiger partial charge in [-0.05, 0) is 43.1 Å². The summed E-state index contributed by atoms with van der Waals surface area (Å²) in [5.74, 6) is -2.73. The second-order valence-electron chi connectivity index (χ2n) is 13.4. The molecule has 218 valence electrons. The number of hydrogen-bond acceptors (Lipinski definition) is 8. The lowest BCUT2D eigenvalue weighted by atomic mass is 9.40. The summed E-state index contributed by atoms with van der Waals surface area (Å²) in [5.41, 5.74) is -0.0944. The van der Waals surface area contributed by atoms with Crippen LogP contribution in [0.5, 0.6) is 0 Å². The van der Waals surface area contributed by atoms with Crippen molar-refractivity contribution >= 4 is 23.7 Å². The number of fused-ring (bicyclic) bond motifs is 6. The summed E-state index contributed by atoms with van der Waals surface area (Å²) in [4.78, 5) is 53.4. The van der Waals surface area contributed by atoms with Gasteiger partial charge in [-0.15, -0.1) is 0 Å². The molecular formula is C32H42O8. The number of furan rings is 1. The number of ether oxygens (including phenoxy) is 3. The molecule has 1 aliphatic heterocycles. The zero-order valence-corrected chi connectivity index (χ0v) is 24.7. The Kier molecular flexibility index (Phi) is 7.07. The van der Waals surface area contributed by atoms with Gasteiger partial charge in [-0.25, -0.2) is 0 Å². The number of carbonyl (C=O) groups excluding carboxylic acids is 4. The van der Waals surface area contributed by atoms with E-state index in [-0.39, 0.29) is 48.3 Å². The van der Waals surface area contributed by atoms with Crippen LogP contribution in [0.25, 0.3) is 0 Å². The molecule has 0 radical (unpaired) electrons. The molecular weight excluding hydrogens is 512 g/mol. The van der Waals surface area contributed by atoms with Gasteiger partial charge in [0.25, 0.3) is 0 Å². The molecule has 40 heavy (non-hydrogen) atoms. The predicted octanol–water partition coefficient (Wildman–Crippen LogP) is 5.61. The van der Waals surface area contributed by atoms with Gasteiger partial charge in [-0.1, -0.05) is 53.2 Å². The minimum atomic E-state index is -0.889. The Morgan fingerprint density at radius 2 is 1.88 bits per heavy atom. The van der Waals surface area contributed by atoms with Crippen molar-refractivity contribution in [1.82, 2.24) is 0 Å². The van der Waals surface area contributed by atoms with Crippen molar-refractivity contribution in [3.63, 3.8) is 0 Å². The second-order valence-corrected chi connectivity index (χ2v) is 13.4. The Morgan fingerprint density at radius 3 is 2.50 bits per heavy atom. The van der Waals surface area contributed by atoms with E-state index in [4.69, 9.17) is 18.6 Å². The van der Waals surface area contributed by atoms with Crippen LogP contribution in [0.4, 0.5) is 0 Å². The number of esters is 3. The number of rotatable bonds is 6. The van der Waals surface area contributed by atoms with Crippen molar-refractivity contribution in [2.24, 2.45) is 45.8 Å². The quantitative estimate of drug-likeness (QED) is 0.254. The van der Waals surface area contributed by atoms with Gasteiger partial charge >= 0.3 is 17.9 Å². The fourth-order valence-electron chi connectivity index (χ4n) is 8.56. The number of methoxy groups -OCH3 is 1. The molecule has 0 N–H and O–H groups in total. The van der Waals surface area contributed by atoms with Gasteiger partial charge in [0.1, 0.15) is 18.0 Å². The second kappa shape index (κ2) is 9.88. The van der Waals surface area contributed by atoms with Crippen LogP contribution in [0.1, 0.15) is 85.3 Å². The average Bonchev–Trinajstić information content (AvgIpc) is 3.45. The zero-order valence-electron chi connectivity index (χ0n) is 24.7. The van der Waals surface area contributed by atoms with Gasteiger partial charge in [0, 0.05) is 28.2 Å². The summed E-state index contributed by atoms with van der Waals surface area (Å²) in [7, 11) is 1.35. The molecule has 1 aromatic rings. The smallest absolute Gasteiger partial charge is 0.308 e. The average molecular weight is 555 g/mol. The molecule has 9 atom stereocenters. The summed E-state index contributed by atoms with van der Waals surface area (Å²) < 4.78 is 22.6. The highest BCUT2D eigenvalue weighted by molar-refractivity contribution is 5.93. The van der Waals surface area contributed by atoms with Crippen molar-refractivity contribution in [3.8, 4) is 0 Å². The maximum atomic E-state index is 14.4. The number of allylic oxidation sites excluding steroid dienone is 1. The molecule has 8 heteroatoms. The maximum absolute atomic E-state index is 14.4. The third-order valence-electron chi connectivity index (χ3n) is 11.1. The fraction of sp³-hybridized carbons (Fsp3) is 0.688. The molecule has 0 aromatic carbocycles. The molecule has 5 rings (SSSR count). The first-order chi connectivity index (χ1) is 18.8. The molecule has 3 fully saturated rings. The Bertz CT molecular complexity index is 1230. The van der Waals surface area contributed by atoms with E-state index in [1.807, 2.05) is 46.8 Å². The lowest BCUT2D eigenvalue weighted by Gasteiger charge is -2.63. The molecule has 0 unspecified atom stereocenters. The largest absolute Gasteiger partial charge is 0.472 e. The first-order valence-corrected chi connectivity index (χ1v) is 14.5. The Labute approximate surface area is 236 Å². The molecule has 4 aliphatic rings. The van der Waals surface area contributed by atoms with E-state index in [2.05, 4.69) is 6.92 Å². The molecule has 2 heterocycles. The summed E-state index contributed by atoms with van der Waals surface area (Å²) in [6, 6.07) is 1.84. The molecule has 1 saturated heterocycles. The standard InChI is InChI=1S/C32H42O8/c1-8-17(2)29(36)40-28-20-13-19-21(32(6,26(20)35)23(30(28,3)4)15-24(33)37-7)9-11-31(5)22(19)14-25(34)39-27(31)18-10-12-38-16-18/h10,12-13,16-17,20-23,27-28H,8-9,11,14-15H2,1-7H3/t17-,20+,21-,22+,23-,27-,28+,31+,32+/m0/s1. The van der Waals surface area contributed by atoms with E-state index in [0.29, 0.717) is 12.8 Å². The van der Waals surface area contributed by atoms with Gasteiger partial charge in [0.2, 0.25) is 0 Å². The molecule has 1 aromatic heterocycles. The highest BCUT2D eigenvalue weighted by Gasteiger charge is 2.69. The van der Waals surface area contributed by atoms with Gasteiger partial charge in [0.15, 0.2) is 0 Å². The Morgan fingerprint density at radius 1 is 1.15 bits per heavy atom. The van der Waals surface area contributed by atoms with Crippen LogP contribution in [-0.2, 0) is 33.4 Å². The van der Waals surface area contributed by atoms with Crippen molar-refractivity contribution in [2.75, 3.05) is 7.11 Å². The minimum Gasteiger partial charge on any atom is -0.472 e. The molecule has 2 saturated carbocycles. The van der Waals surface area contributed by atoms with Crippen LogP contribution in [0, 0.1) is 45.8 Å². The zero-order chi connectivity index (χ0) is 29.2. The summed E-state index contributed by atoms with van der Waals surface area (Å²) in [6.07, 6.45) is 6.36. The summed E-state index contributed by atoms with van der Waals surface area (Å²) >= 11 is 0. The van der Waals surface area contributed by atoms with Crippen LogP contribution in [0.2, 0.25) is 0 Å². The molecule has 0 spiro atoms. The maximum Gasteiger partial charge on any atom is 0.308 e. The van der Waals surface area contributed by atoms with Crippen molar-refractivity contribution in [3.05, 3.63) is 35.8 Å². The van der Waals surface area contributed by atoms with Gasteiger partial charge in [-0.2, -0.15) is 0 Å². The summed E-state index contributed by atoms with van der Waals surface area (Å²) in [5, 5.41) is 0. The first kappa shape index (κ1) is 28.6. The number of hydrogen-bond donors (Lipinski definition) is 0.